The van der Waals surface area contributed by atoms with Gasteiger partial charge in [-0.05, 0) is 35.9 Å². The van der Waals surface area contributed by atoms with Crippen LogP contribution in [0, 0.1) is 0 Å². The number of nitrogens with one attached hydrogen (secondary N) is 2. The van der Waals surface area contributed by atoms with Gasteiger partial charge in [-0.2, -0.15) is 5.10 Å². The Labute approximate surface area is 148 Å². The van der Waals surface area contributed by atoms with Crippen LogP contribution in [0.2, 0.25) is 0 Å². The lowest BCUT2D eigenvalue weighted by Gasteiger charge is -2.07. The standard InChI is InChI=1S/C18H16N4O4/c1-25-14-8-7-11(9-15(14)26-2)10-19-22-18(24)16-20-13-6-4-3-5-12(13)17(23)21-16/h3-10H,1-2H3,(H,22,24)(H,20,21,23)/b19-10-. The van der Waals surface area contributed by atoms with Gasteiger partial charge in [0.2, 0.25) is 5.82 Å². The molecule has 3 aromatic rings. The first kappa shape index (κ1) is 17.2. The minimum absolute atomic E-state index is 0.113. The molecule has 0 atom stereocenters. The summed E-state index contributed by atoms with van der Waals surface area (Å²) in [5, 5.41) is 4.29. The lowest BCUT2D eigenvalue weighted by Crippen LogP contribution is -2.24. The van der Waals surface area contributed by atoms with Crippen LogP contribution >= 0.6 is 0 Å². The Kier molecular flexibility index (Phi) is 4.93. The zero-order valence-corrected chi connectivity index (χ0v) is 14.1. The molecule has 26 heavy (non-hydrogen) atoms. The number of nitrogens with zero attached hydrogens (tertiary/aromatic N) is 2. The van der Waals surface area contributed by atoms with E-state index in [-0.39, 0.29) is 11.4 Å². The van der Waals surface area contributed by atoms with Crippen molar-refractivity contribution in [2.24, 2.45) is 5.10 Å². The van der Waals surface area contributed by atoms with E-state index in [1.807, 2.05) is 0 Å². The van der Waals surface area contributed by atoms with E-state index >= 15 is 0 Å². The van der Waals surface area contributed by atoms with E-state index in [0.717, 1.165) is 0 Å². The maximum atomic E-state index is 12.2. The molecule has 0 bridgehead atoms. The molecule has 2 N–H and O–H groups in total. The van der Waals surface area contributed by atoms with Crippen molar-refractivity contribution in [2.75, 3.05) is 14.2 Å². The van der Waals surface area contributed by atoms with Crippen molar-refractivity contribution in [3.05, 3.63) is 64.2 Å². The Morgan fingerprint density at radius 1 is 1.15 bits per heavy atom. The maximum absolute atomic E-state index is 12.2. The molecule has 0 saturated heterocycles. The number of hydrazone groups is 1. The molecule has 0 spiro atoms. The number of carbonyl (C=O) groups is 1. The molecule has 132 valence electrons. The van der Waals surface area contributed by atoms with Gasteiger partial charge in [0.15, 0.2) is 11.5 Å². The van der Waals surface area contributed by atoms with Crippen LogP contribution in [0.3, 0.4) is 0 Å². The van der Waals surface area contributed by atoms with Crippen molar-refractivity contribution in [1.29, 1.82) is 0 Å². The van der Waals surface area contributed by atoms with Crippen LogP contribution in [0.15, 0.2) is 52.4 Å². The summed E-state index contributed by atoms with van der Waals surface area (Å²) >= 11 is 0. The van der Waals surface area contributed by atoms with Crippen molar-refractivity contribution >= 4 is 23.0 Å². The first-order chi connectivity index (χ1) is 12.6. The molecular weight excluding hydrogens is 336 g/mol. The number of hydrogen-bond acceptors (Lipinski definition) is 6. The average molecular weight is 352 g/mol. The van der Waals surface area contributed by atoms with Gasteiger partial charge in [-0.25, -0.2) is 10.4 Å². The number of para-hydroxylation sites is 1. The zero-order chi connectivity index (χ0) is 18.5. The number of methoxy groups -OCH3 is 2. The van der Waals surface area contributed by atoms with E-state index < -0.39 is 5.91 Å². The van der Waals surface area contributed by atoms with Gasteiger partial charge in [0.1, 0.15) is 0 Å². The summed E-state index contributed by atoms with van der Waals surface area (Å²) in [6.45, 7) is 0. The van der Waals surface area contributed by atoms with Crippen molar-refractivity contribution in [3.63, 3.8) is 0 Å². The number of aromatic amines is 1. The number of fused-ring (bicyclic) bond motifs is 1. The highest BCUT2D eigenvalue weighted by molar-refractivity contribution is 5.93. The summed E-state index contributed by atoms with van der Waals surface area (Å²) in [5.74, 6) is 0.401. The molecule has 1 heterocycles. The van der Waals surface area contributed by atoms with Gasteiger partial charge in [-0.3, -0.25) is 9.59 Å². The number of amides is 1. The fourth-order valence-electron chi connectivity index (χ4n) is 2.35. The van der Waals surface area contributed by atoms with Crippen LogP contribution in [0.4, 0.5) is 0 Å². The van der Waals surface area contributed by atoms with Crippen molar-refractivity contribution in [2.45, 2.75) is 0 Å². The normalized spacial score (nSPS) is 10.8. The van der Waals surface area contributed by atoms with Gasteiger partial charge in [0.25, 0.3) is 5.56 Å². The molecular formula is C18H16N4O4. The molecule has 0 radical (unpaired) electrons. The highest BCUT2D eigenvalue weighted by Gasteiger charge is 2.10. The molecule has 8 nitrogen and oxygen atoms in total. The molecule has 2 aromatic carbocycles. The van der Waals surface area contributed by atoms with Crippen LogP contribution in [-0.4, -0.2) is 36.3 Å². The Bertz CT molecular complexity index is 1040. The molecule has 8 heteroatoms. The second-order valence-electron chi connectivity index (χ2n) is 5.25. The number of benzene rings is 2. The summed E-state index contributed by atoms with van der Waals surface area (Å²) in [5.41, 5.74) is 3.08. The van der Waals surface area contributed by atoms with Gasteiger partial charge in [0, 0.05) is 0 Å². The first-order valence-electron chi connectivity index (χ1n) is 7.67. The smallest absolute Gasteiger partial charge is 0.307 e. The highest BCUT2D eigenvalue weighted by Crippen LogP contribution is 2.26. The number of carbonyl (C=O) groups excluding carboxylic acids is 1. The monoisotopic (exact) mass is 352 g/mol. The Balaban J connectivity index is 1.76. The fraction of sp³-hybridized carbons (Fsp3) is 0.111. The number of aromatic nitrogens is 2. The lowest BCUT2D eigenvalue weighted by atomic mass is 10.2. The van der Waals surface area contributed by atoms with E-state index in [1.165, 1.54) is 13.3 Å². The number of hydrogen-bond donors (Lipinski definition) is 2. The number of rotatable bonds is 5. The van der Waals surface area contributed by atoms with Crippen LogP contribution in [0.5, 0.6) is 11.5 Å². The molecule has 1 aromatic heterocycles. The number of ether oxygens (including phenoxy) is 2. The predicted octanol–water partition coefficient (Wildman–Crippen LogP) is 1.70. The summed E-state index contributed by atoms with van der Waals surface area (Å²) in [6, 6.07) is 12.0. The van der Waals surface area contributed by atoms with Crippen LogP contribution < -0.4 is 20.5 Å². The van der Waals surface area contributed by atoms with Gasteiger partial charge >= 0.3 is 5.91 Å². The maximum Gasteiger partial charge on any atom is 0.307 e. The van der Waals surface area contributed by atoms with Crippen LogP contribution in [0.1, 0.15) is 16.2 Å². The van der Waals surface area contributed by atoms with Gasteiger partial charge in [-0.1, -0.05) is 12.1 Å². The van der Waals surface area contributed by atoms with E-state index in [0.29, 0.717) is 28.0 Å². The molecule has 0 saturated carbocycles. The second-order valence-corrected chi connectivity index (χ2v) is 5.25. The van der Waals surface area contributed by atoms with E-state index in [9.17, 15) is 9.59 Å². The SMILES string of the molecule is COc1ccc(/C=N\NC(=O)c2nc3ccccc3c(=O)[nH]2)cc1OC. The van der Waals surface area contributed by atoms with Crippen LogP contribution in [0.25, 0.3) is 10.9 Å². The Morgan fingerprint density at radius 2 is 1.92 bits per heavy atom. The van der Waals surface area contributed by atoms with E-state index in [2.05, 4.69) is 20.5 Å². The minimum atomic E-state index is -0.621. The lowest BCUT2D eigenvalue weighted by molar-refractivity contribution is 0.0945. The predicted molar refractivity (Wildman–Crippen MR) is 97.0 cm³/mol. The average Bonchev–Trinajstić information content (AvgIpc) is 2.67. The zero-order valence-electron chi connectivity index (χ0n) is 14.1. The summed E-state index contributed by atoms with van der Waals surface area (Å²) in [4.78, 5) is 30.7. The molecule has 1 amide bonds. The third-order valence-electron chi connectivity index (χ3n) is 3.62. The molecule has 0 aliphatic rings. The topological polar surface area (TPSA) is 106 Å². The Morgan fingerprint density at radius 3 is 2.69 bits per heavy atom. The molecule has 0 aliphatic heterocycles. The van der Waals surface area contributed by atoms with Crippen molar-refractivity contribution in [3.8, 4) is 11.5 Å². The molecule has 0 aliphatic carbocycles. The van der Waals surface area contributed by atoms with Crippen LogP contribution in [-0.2, 0) is 0 Å². The van der Waals surface area contributed by atoms with Gasteiger partial charge in [-0.15, -0.1) is 0 Å². The third-order valence-corrected chi connectivity index (χ3v) is 3.62. The second kappa shape index (κ2) is 7.47. The Hall–Kier alpha value is -3.68. The first-order valence-corrected chi connectivity index (χ1v) is 7.67. The van der Waals surface area contributed by atoms with E-state index in [4.69, 9.17) is 9.47 Å². The van der Waals surface area contributed by atoms with Crippen molar-refractivity contribution < 1.29 is 14.3 Å². The van der Waals surface area contributed by atoms with Crippen molar-refractivity contribution in [1.82, 2.24) is 15.4 Å². The highest BCUT2D eigenvalue weighted by atomic mass is 16.5. The van der Waals surface area contributed by atoms with Gasteiger partial charge in [0.05, 0.1) is 31.3 Å². The quantitative estimate of drug-likeness (QED) is 0.537. The minimum Gasteiger partial charge on any atom is -0.493 e. The molecule has 0 unspecified atom stereocenters. The summed E-state index contributed by atoms with van der Waals surface area (Å²) < 4.78 is 10.4. The fourth-order valence-corrected chi connectivity index (χ4v) is 2.35. The van der Waals surface area contributed by atoms with E-state index in [1.54, 1.807) is 49.6 Å². The summed E-state index contributed by atoms with van der Waals surface area (Å²) in [6.07, 6.45) is 1.44. The van der Waals surface area contributed by atoms with Gasteiger partial charge < -0.3 is 14.5 Å². The largest absolute Gasteiger partial charge is 0.493 e. The molecule has 0 fully saturated rings. The number of H-pyrrole nitrogens is 1. The third kappa shape index (κ3) is 3.54. The molecule has 3 rings (SSSR count). The summed E-state index contributed by atoms with van der Waals surface area (Å²) in [7, 11) is 3.07.